The summed E-state index contributed by atoms with van der Waals surface area (Å²) in [6.45, 7) is 10.4. The molecule has 2 heterocycles. The first-order chi connectivity index (χ1) is 17.0. The lowest BCUT2D eigenvalue weighted by Crippen LogP contribution is -2.37. The van der Waals surface area contributed by atoms with Crippen LogP contribution in [0.1, 0.15) is 46.7 Å². The second-order valence-electron chi connectivity index (χ2n) is 10.5. The van der Waals surface area contributed by atoms with E-state index >= 15 is 0 Å². The van der Waals surface area contributed by atoms with Gasteiger partial charge in [0.05, 0.1) is 42.0 Å². The van der Waals surface area contributed by atoms with Crippen LogP contribution in [0.4, 0.5) is 0 Å². The second kappa shape index (κ2) is 9.78. The number of carboxylic acids is 1. The van der Waals surface area contributed by atoms with Crippen LogP contribution < -0.4 is 4.74 Å². The lowest BCUT2D eigenvalue weighted by atomic mass is 9.99. The molecule has 8 nitrogen and oxygen atoms in total. The first kappa shape index (κ1) is 25.4. The normalized spacial score (nSPS) is 13.6. The van der Waals surface area contributed by atoms with E-state index < -0.39 is 11.6 Å². The Morgan fingerprint density at radius 1 is 1.08 bits per heavy atom. The average Bonchev–Trinajstić information content (AvgIpc) is 3.45. The highest BCUT2D eigenvalue weighted by molar-refractivity contribution is 5.87. The van der Waals surface area contributed by atoms with E-state index in [9.17, 15) is 9.90 Å². The molecule has 4 aromatic rings. The van der Waals surface area contributed by atoms with Gasteiger partial charge in [-0.15, -0.1) is 0 Å². The van der Waals surface area contributed by atoms with Crippen molar-refractivity contribution >= 4 is 16.9 Å². The zero-order valence-electron chi connectivity index (χ0n) is 21.8. The van der Waals surface area contributed by atoms with Gasteiger partial charge in [-0.3, -0.25) is 4.68 Å². The molecule has 0 saturated carbocycles. The van der Waals surface area contributed by atoms with Crippen LogP contribution in [0, 0.1) is 5.41 Å². The molecule has 2 aromatic carbocycles. The Labute approximate surface area is 211 Å². The Kier molecular flexibility index (Phi) is 6.91. The molecule has 0 bridgehead atoms. The van der Waals surface area contributed by atoms with E-state index in [0.717, 1.165) is 33.6 Å². The maximum absolute atomic E-state index is 11.7. The van der Waals surface area contributed by atoms with E-state index in [2.05, 4.69) is 25.9 Å². The number of hydrogen-bond donors (Lipinski definition) is 1. The van der Waals surface area contributed by atoms with E-state index in [-0.39, 0.29) is 12.0 Å². The molecule has 0 aliphatic rings. The fraction of sp³-hybridized carbons (Fsp3) is 0.393. The van der Waals surface area contributed by atoms with Crippen molar-refractivity contribution < 1.29 is 19.4 Å². The molecule has 0 aliphatic carbocycles. The maximum atomic E-state index is 11.7. The third kappa shape index (κ3) is 5.28. The highest BCUT2D eigenvalue weighted by atomic mass is 16.5. The van der Waals surface area contributed by atoms with Gasteiger partial charge in [-0.1, -0.05) is 52.0 Å². The Balaban J connectivity index is 1.79. The molecular weight excluding hydrogens is 456 g/mol. The number of aliphatic carboxylic acids is 1. The number of benzene rings is 2. The molecule has 1 atom stereocenters. The summed E-state index contributed by atoms with van der Waals surface area (Å²) in [6, 6.07) is 15.8. The summed E-state index contributed by atoms with van der Waals surface area (Å²) >= 11 is 0. The van der Waals surface area contributed by atoms with Crippen LogP contribution in [0.5, 0.6) is 5.75 Å². The summed E-state index contributed by atoms with van der Waals surface area (Å²) in [7, 11) is 1.90. The standard InChI is InChI=1S/C28H34N4O4/c1-7-28(5,26(33)34)36-17-21-15-24(19-10-8-12-22(14-19)35-18-27(2,3)4)32(30-21)23-13-9-11-20-16-29-31(6)25(20)23/h8-16H,7,17-18H2,1-6H3,(H,33,34). The minimum absolute atomic E-state index is 0.0353. The van der Waals surface area contributed by atoms with E-state index in [0.29, 0.717) is 18.7 Å². The van der Waals surface area contributed by atoms with Gasteiger partial charge in [0.15, 0.2) is 5.60 Å². The third-order valence-electron chi connectivity index (χ3n) is 6.20. The molecule has 1 N–H and O–H groups in total. The van der Waals surface area contributed by atoms with Gasteiger partial charge in [0.1, 0.15) is 5.75 Å². The Morgan fingerprint density at radius 3 is 2.53 bits per heavy atom. The summed E-state index contributed by atoms with van der Waals surface area (Å²) in [4.78, 5) is 11.7. The molecule has 4 rings (SSSR count). The van der Waals surface area contributed by atoms with Gasteiger partial charge >= 0.3 is 5.97 Å². The predicted octanol–water partition coefficient (Wildman–Crippen LogP) is 5.62. The highest BCUT2D eigenvalue weighted by Crippen LogP contribution is 2.31. The molecule has 36 heavy (non-hydrogen) atoms. The molecule has 0 spiro atoms. The smallest absolute Gasteiger partial charge is 0.335 e. The van der Waals surface area contributed by atoms with Crippen LogP contribution >= 0.6 is 0 Å². The van der Waals surface area contributed by atoms with Crippen molar-refractivity contribution in [3.05, 3.63) is 60.4 Å². The molecule has 8 heteroatoms. The van der Waals surface area contributed by atoms with E-state index in [1.165, 1.54) is 0 Å². The summed E-state index contributed by atoms with van der Waals surface area (Å²) in [6.07, 6.45) is 2.17. The number of aryl methyl sites for hydroxylation is 1. The first-order valence-electron chi connectivity index (χ1n) is 12.1. The van der Waals surface area contributed by atoms with Gasteiger partial charge in [-0.2, -0.15) is 10.2 Å². The van der Waals surface area contributed by atoms with Crippen molar-refractivity contribution in [1.82, 2.24) is 19.6 Å². The number of aromatic nitrogens is 4. The Bertz CT molecular complexity index is 1380. The van der Waals surface area contributed by atoms with Gasteiger partial charge in [0, 0.05) is 18.0 Å². The quantitative estimate of drug-likeness (QED) is 0.327. The van der Waals surface area contributed by atoms with Gasteiger partial charge in [-0.25, -0.2) is 9.48 Å². The zero-order valence-corrected chi connectivity index (χ0v) is 21.8. The largest absolute Gasteiger partial charge is 0.493 e. The van der Waals surface area contributed by atoms with Crippen LogP contribution in [-0.2, 0) is 23.2 Å². The number of nitrogens with zero attached hydrogens (tertiary/aromatic N) is 4. The van der Waals surface area contributed by atoms with E-state index in [4.69, 9.17) is 14.6 Å². The summed E-state index contributed by atoms with van der Waals surface area (Å²) in [5, 5.41) is 19.9. The molecule has 0 amide bonds. The third-order valence-corrected chi connectivity index (χ3v) is 6.20. The van der Waals surface area contributed by atoms with Crippen molar-refractivity contribution in [3.63, 3.8) is 0 Å². The highest BCUT2D eigenvalue weighted by Gasteiger charge is 2.32. The molecule has 1 unspecified atom stereocenters. The van der Waals surface area contributed by atoms with Crippen molar-refractivity contribution in [2.75, 3.05) is 6.61 Å². The topological polar surface area (TPSA) is 91.4 Å². The first-order valence-corrected chi connectivity index (χ1v) is 12.1. The molecule has 0 aliphatic heterocycles. The van der Waals surface area contributed by atoms with Gasteiger partial charge in [-0.05, 0) is 43.0 Å². The number of ether oxygens (including phenoxy) is 2. The Hall–Kier alpha value is -3.65. The van der Waals surface area contributed by atoms with E-state index in [1.807, 2.05) is 71.1 Å². The molecule has 0 saturated heterocycles. The molecule has 0 fully saturated rings. The number of para-hydroxylation sites is 1. The van der Waals surface area contributed by atoms with Gasteiger partial charge < -0.3 is 14.6 Å². The second-order valence-corrected chi connectivity index (χ2v) is 10.5. The molecule has 190 valence electrons. The van der Waals surface area contributed by atoms with Crippen LogP contribution in [0.2, 0.25) is 0 Å². The van der Waals surface area contributed by atoms with Gasteiger partial charge in [0.25, 0.3) is 0 Å². The van der Waals surface area contributed by atoms with Crippen molar-refractivity contribution in [3.8, 4) is 22.7 Å². The minimum atomic E-state index is -1.29. The van der Waals surface area contributed by atoms with Crippen LogP contribution in [0.15, 0.2) is 54.7 Å². The zero-order chi connectivity index (χ0) is 26.1. The van der Waals surface area contributed by atoms with Crippen molar-refractivity contribution in [2.45, 2.75) is 53.2 Å². The average molecular weight is 491 g/mol. The van der Waals surface area contributed by atoms with Crippen LogP contribution in [0.3, 0.4) is 0 Å². The lowest BCUT2D eigenvalue weighted by Gasteiger charge is -2.22. The molecular formula is C28H34N4O4. The number of rotatable bonds is 9. The summed E-state index contributed by atoms with van der Waals surface area (Å²) in [5.74, 6) is -0.218. The number of carboxylic acid groups (broad SMARTS) is 1. The van der Waals surface area contributed by atoms with Crippen LogP contribution in [-0.4, -0.2) is 42.8 Å². The minimum Gasteiger partial charge on any atom is -0.493 e. The fourth-order valence-corrected chi connectivity index (χ4v) is 3.87. The van der Waals surface area contributed by atoms with Crippen molar-refractivity contribution in [2.24, 2.45) is 12.5 Å². The van der Waals surface area contributed by atoms with E-state index in [1.54, 1.807) is 13.8 Å². The molecule has 2 aromatic heterocycles. The maximum Gasteiger partial charge on any atom is 0.335 e. The number of fused-ring (bicyclic) bond motifs is 1. The number of hydrogen-bond acceptors (Lipinski definition) is 5. The van der Waals surface area contributed by atoms with Crippen molar-refractivity contribution in [1.29, 1.82) is 0 Å². The Morgan fingerprint density at radius 2 is 1.83 bits per heavy atom. The monoisotopic (exact) mass is 490 g/mol. The predicted molar refractivity (Wildman–Crippen MR) is 139 cm³/mol. The number of carbonyl (C=O) groups is 1. The van der Waals surface area contributed by atoms with Gasteiger partial charge in [0.2, 0.25) is 0 Å². The summed E-state index contributed by atoms with van der Waals surface area (Å²) in [5.41, 5.74) is 2.96. The SMILES string of the molecule is CCC(C)(OCc1cc(-c2cccc(OCC(C)(C)C)c2)n(-c2cccc3cnn(C)c23)n1)C(=O)O. The summed E-state index contributed by atoms with van der Waals surface area (Å²) < 4.78 is 15.6. The van der Waals surface area contributed by atoms with Crippen LogP contribution in [0.25, 0.3) is 27.8 Å². The fourth-order valence-electron chi connectivity index (χ4n) is 3.87. The molecule has 0 radical (unpaired) electrons. The lowest BCUT2D eigenvalue weighted by molar-refractivity contribution is -0.165.